The average Bonchev–Trinajstić information content (AvgIpc) is 2.54. The number of hydrogen-bond donors (Lipinski definition) is 1. The number of hydrogen-bond acceptors (Lipinski definition) is 3. The Morgan fingerprint density at radius 1 is 1.23 bits per heavy atom. The lowest BCUT2D eigenvalue weighted by Gasteiger charge is -2.06. The lowest BCUT2D eigenvalue weighted by Crippen LogP contribution is -2.17. The van der Waals surface area contributed by atoms with E-state index in [4.69, 9.17) is 4.74 Å². The molecule has 2 rings (SSSR count). The average molecular weight is 294 g/mol. The predicted octanol–water partition coefficient (Wildman–Crippen LogP) is 3.32. The lowest BCUT2D eigenvalue weighted by molar-refractivity contribution is 0.0955. The van der Waals surface area contributed by atoms with Gasteiger partial charge in [0.15, 0.2) is 0 Å². The Balaban J connectivity index is 2.01. The molecular weight excluding hydrogens is 276 g/mol. The molecule has 0 bridgehead atoms. The molecule has 0 saturated carbocycles. The van der Waals surface area contributed by atoms with E-state index in [2.05, 4.69) is 17.1 Å². The Kier molecular flexibility index (Phi) is 5.49. The summed E-state index contributed by atoms with van der Waals surface area (Å²) in [5, 5.41) is 3.98. The molecule has 0 heterocycles. The molecule has 112 valence electrons. The molecule has 2 aromatic rings. The minimum atomic E-state index is -0.249. The summed E-state index contributed by atoms with van der Waals surface area (Å²) in [6.45, 7) is 6.00. The lowest BCUT2D eigenvalue weighted by atomic mass is 10.1. The summed E-state index contributed by atoms with van der Waals surface area (Å²) in [4.78, 5) is 11.9. The summed E-state index contributed by atoms with van der Waals surface area (Å²) in [6.07, 6.45) is 3.23. The van der Waals surface area contributed by atoms with Gasteiger partial charge in [-0.15, -0.1) is 0 Å². The van der Waals surface area contributed by atoms with Crippen LogP contribution in [0.5, 0.6) is 5.75 Å². The Morgan fingerprint density at radius 2 is 1.95 bits per heavy atom. The van der Waals surface area contributed by atoms with Crippen molar-refractivity contribution in [2.45, 2.75) is 6.92 Å². The molecule has 0 saturated heterocycles. The number of rotatable bonds is 6. The fourth-order valence-corrected chi connectivity index (χ4v) is 1.80. The van der Waals surface area contributed by atoms with Gasteiger partial charge in [-0.2, -0.15) is 5.10 Å². The highest BCUT2D eigenvalue weighted by molar-refractivity contribution is 5.95. The summed E-state index contributed by atoms with van der Waals surface area (Å²) in [6, 6.07) is 14.8. The van der Waals surface area contributed by atoms with Crippen LogP contribution in [0.1, 0.15) is 21.5 Å². The first-order valence-corrected chi connectivity index (χ1v) is 6.93. The second kappa shape index (κ2) is 7.78. The first-order chi connectivity index (χ1) is 10.7. The fourth-order valence-electron chi connectivity index (χ4n) is 1.80. The number of carbonyl (C=O) groups excluding carboxylic acids is 1. The molecule has 4 nitrogen and oxygen atoms in total. The number of hydrazone groups is 1. The number of nitrogens with one attached hydrogen (secondary N) is 1. The van der Waals surface area contributed by atoms with Crippen molar-refractivity contribution in [2.24, 2.45) is 5.10 Å². The van der Waals surface area contributed by atoms with Crippen LogP contribution in [-0.4, -0.2) is 18.7 Å². The fraction of sp³-hybridized carbons (Fsp3) is 0.111. The maximum atomic E-state index is 11.9. The standard InChI is InChI=1S/C18H18N2O2/c1-3-12-22-17-7-5-4-6-16(17)13-19-20-18(21)15-10-8-14(2)9-11-15/h3-11,13H,1,12H2,2H3,(H,20,21). The van der Waals surface area contributed by atoms with Gasteiger partial charge in [0.2, 0.25) is 0 Å². The highest BCUT2D eigenvalue weighted by Gasteiger charge is 2.03. The molecule has 4 heteroatoms. The topological polar surface area (TPSA) is 50.7 Å². The minimum Gasteiger partial charge on any atom is -0.489 e. The van der Waals surface area contributed by atoms with Crippen molar-refractivity contribution in [1.82, 2.24) is 5.43 Å². The second-order valence-electron chi connectivity index (χ2n) is 4.70. The normalized spacial score (nSPS) is 10.4. The van der Waals surface area contributed by atoms with E-state index in [1.165, 1.54) is 0 Å². The number of amides is 1. The summed E-state index contributed by atoms with van der Waals surface area (Å²) in [5.74, 6) is 0.441. The molecule has 0 aromatic heterocycles. The molecule has 2 aromatic carbocycles. The Hall–Kier alpha value is -2.88. The van der Waals surface area contributed by atoms with Gasteiger partial charge in [-0.1, -0.05) is 42.5 Å². The van der Waals surface area contributed by atoms with Crippen LogP contribution in [0.2, 0.25) is 0 Å². The molecular formula is C18H18N2O2. The van der Waals surface area contributed by atoms with Crippen molar-refractivity contribution < 1.29 is 9.53 Å². The number of ether oxygens (including phenoxy) is 1. The van der Waals surface area contributed by atoms with E-state index < -0.39 is 0 Å². The van der Waals surface area contributed by atoms with Crippen LogP contribution < -0.4 is 10.2 Å². The minimum absolute atomic E-state index is 0.249. The summed E-state index contributed by atoms with van der Waals surface area (Å²) in [5.41, 5.74) is 4.96. The zero-order valence-corrected chi connectivity index (χ0v) is 12.5. The van der Waals surface area contributed by atoms with Gasteiger partial charge in [-0.3, -0.25) is 4.79 Å². The van der Waals surface area contributed by atoms with Crippen LogP contribution in [-0.2, 0) is 0 Å². The zero-order chi connectivity index (χ0) is 15.8. The van der Waals surface area contributed by atoms with Crippen molar-refractivity contribution in [3.05, 3.63) is 77.9 Å². The monoisotopic (exact) mass is 294 g/mol. The van der Waals surface area contributed by atoms with E-state index >= 15 is 0 Å². The van der Waals surface area contributed by atoms with Gasteiger partial charge in [0.05, 0.1) is 6.21 Å². The smallest absolute Gasteiger partial charge is 0.271 e. The van der Waals surface area contributed by atoms with Crippen molar-refractivity contribution in [3.63, 3.8) is 0 Å². The first kappa shape index (κ1) is 15.5. The van der Waals surface area contributed by atoms with E-state index in [0.29, 0.717) is 17.9 Å². The molecule has 0 aliphatic rings. The van der Waals surface area contributed by atoms with Crippen LogP contribution in [0.3, 0.4) is 0 Å². The van der Waals surface area contributed by atoms with Crippen molar-refractivity contribution in [3.8, 4) is 5.75 Å². The molecule has 0 aliphatic heterocycles. The Labute approximate surface area is 130 Å². The molecule has 22 heavy (non-hydrogen) atoms. The zero-order valence-electron chi connectivity index (χ0n) is 12.5. The van der Waals surface area contributed by atoms with Gasteiger partial charge >= 0.3 is 0 Å². The summed E-state index contributed by atoms with van der Waals surface area (Å²) in [7, 11) is 0. The number of nitrogens with zero attached hydrogens (tertiary/aromatic N) is 1. The molecule has 0 spiro atoms. The maximum absolute atomic E-state index is 11.9. The largest absolute Gasteiger partial charge is 0.489 e. The van der Waals surface area contributed by atoms with Crippen molar-refractivity contribution >= 4 is 12.1 Å². The van der Waals surface area contributed by atoms with E-state index in [0.717, 1.165) is 11.1 Å². The molecule has 0 unspecified atom stereocenters. The number of benzene rings is 2. The van der Waals surface area contributed by atoms with Crippen LogP contribution in [0, 0.1) is 6.92 Å². The van der Waals surface area contributed by atoms with E-state index in [9.17, 15) is 4.79 Å². The van der Waals surface area contributed by atoms with Gasteiger partial charge in [0, 0.05) is 11.1 Å². The number of aryl methyl sites for hydroxylation is 1. The Morgan fingerprint density at radius 3 is 2.68 bits per heavy atom. The van der Waals surface area contributed by atoms with E-state index in [-0.39, 0.29) is 5.91 Å². The number of carbonyl (C=O) groups is 1. The summed E-state index contributed by atoms with van der Waals surface area (Å²) < 4.78 is 5.52. The predicted molar refractivity (Wildman–Crippen MR) is 88.4 cm³/mol. The van der Waals surface area contributed by atoms with Crippen LogP contribution in [0.15, 0.2) is 66.3 Å². The van der Waals surface area contributed by atoms with Gasteiger partial charge in [-0.05, 0) is 31.2 Å². The molecule has 0 aliphatic carbocycles. The van der Waals surface area contributed by atoms with E-state index in [1.807, 2.05) is 43.3 Å². The molecule has 1 amide bonds. The van der Waals surface area contributed by atoms with Gasteiger partial charge in [0.25, 0.3) is 5.91 Å². The van der Waals surface area contributed by atoms with Crippen molar-refractivity contribution in [1.29, 1.82) is 0 Å². The molecule has 0 radical (unpaired) electrons. The van der Waals surface area contributed by atoms with Crippen LogP contribution >= 0.6 is 0 Å². The summed E-state index contributed by atoms with van der Waals surface area (Å²) >= 11 is 0. The highest BCUT2D eigenvalue weighted by atomic mass is 16.5. The third-order valence-corrected chi connectivity index (χ3v) is 2.96. The molecule has 1 N–H and O–H groups in total. The third kappa shape index (κ3) is 4.31. The van der Waals surface area contributed by atoms with Crippen LogP contribution in [0.25, 0.3) is 0 Å². The van der Waals surface area contributed by atoms with Crippen molar-refractivity contribution in [2.75, 3.05) is 6.61 Å². The maximum Gasteiger partial charge on any atom is 0.271 e. The first-order valence-electron chi connectivity index (χ1n) is 6.93. The molecule has 0 atom stereocenters. The Bertz CT molecular complexity index is 676. The van der Waals surface area contributed by atoms with Crippen LogP contribution in [0.4, 0.5) is 0 Å². The highest BCUT2D eigenvalue weighted by Crippen LogP contribution is 2.15. The van der Waals surface area contributed by atoms with Gasteiger partial charge in [0.1, 0.15) is 12.4 Å². The van der Waals surface area contributed by atoms with E-state index in [1.54, 1.807) is 24.4 Å². The number of para-hydroxylation sites is 1. The second-order valence-corrected chi connectivity index (χ2v) is 4.70. The SMILES string of the molecule is C=CCOc1ccccc1C=NNC(=O)c1ccc(C)cc1. The molecule has 0 fully saturated rings. The third-order valence-electron chi connectivity index (χ3n) is 2.96. The van der Waals surface area contributed by atoms with Gasteiger partial charge in [-0.25, -0.2) is 5.43 Å². The van der Waals surface area contributed by atoms with Gasteiger partial charge < -0.3 is 4.74 Å². The quantitative estimate of drug-likeness (QED) is 0.505.